The molecule has 5 heteroatoms. The normalized spacial score (nSPS) is 20.4. The van der Waals surface area contributed by atoms with Gasteiger partial charge in [-0.25, -0.2) is 4.79 Å². The number of aromatic carboxylic acids is 1. The van der Waals surface area contributed by atoms with Crippen molar-refractivity contribution in [3.8, 4) is 0 Å². The zero-order valence-corrected chi connectivity index (χ0v) is 11.5. The van der Waals surface area contributed by atoms with Gasteiger partial charge in [0.2, 0.25) is 0 Å². The minimum atomic E-state index is -0.891. The fourth-order valence-electron chi connectivity index (χ4n) is 2.78. The predicted molar refractivity (Wildman–Crippen MR) is 76.1 cm³/mol. The molecule has 1 aliphatic heterocycles. The second kappa shape index (κ2) is 5.26. The van der Waals surface area contributed by atoms with E-state index in [0.29, 0.717) is 12.1 Å². The summed E-state index contributed by atoms with van der Waals surface area (Å²) >= 11 is 0. The van der Waals surface area contributed by atoms with Gasteiger partial charge < -0.3 is 19.3 Å². The SMILES string of the molecule is CN1CCOC(Cn2ccc3cccc(C(=O)O)c32)C1. The number of hydrogen-bond donors (Lipinski definition) is 1. The maximum Gasteiger partial charge on any atom is 0.337 e. The molecule has 1 unspecified atom stereocenters. The van der Waals surface area contributed by atoms with E-state index in [1.807, 2.05) is 22.9 Å². The first kappa shape index (κ1) is 13.1. The lowest BCUT2D eigenvalue weighted by atomic mass is 10.1. The van der Waals surface area contributed by atoms with Crippen molar-refractivity contribution in [1.29, 1.82) is 0 Å². The standard InChI is InChI=1S/C15H18N2O3/c1-16-7-8-20-12(9-16)10-17-6-5-11-3-2-4-13(14(11)17)15(18)19/h2-6,12H,7-10H2,1H3,(H,18,19). The number of carbonyl (C=O) groups is 1. The molecule has 0 bridgehead atoms. The quantitative estimate of drug-likeness (QED) is 0.925. The number of ether oxygens (including phenoxy) is 1. The lowest BCUT2D eigenvalue weighted by Crippen LogP contribution is -2.41. The molecule has 0 amide bonds. The van der Waals surface area contributed by atoms with Crippen molar-refractivity contribution in [1.82, 2.24) is 9.47 Å². The molecule has 1 N–H and O–H groups in total. The van der Waals surface area contributed by atoms with E-state index in [4.69, 9.17) is 4.74 Å². The van der Waals surface area contributed by atoms with Gasteiger partial charge in [-0.15, -0.1) is 0 Å². The van der Waals surface area contributed by atoms with Crippen molar-refractivity contribution < 1.29 is 14.6 Å². The molecular weight excluding hydrogens is 256 g/mol. The van der Waals surface area contributed by atoms with Gasteiger partial charge in [0.1, 0.15) is 0 Å². The zero-order valence-electron chi connectivity index (χ0n) is 11.5. The third-order valence-corrected chi connectivity index (χ3v) is 3.76. The number of para-hydroxylation sites is 1. The minimum absolute atomic E-state index is 0.103. The van der Waals surface area contributed by atoms with Gasteiger partial charge in [0.15, 0.2) is 0 Å². The molecule has 1 atom stereocenters. The zero-order chi connectivity index (χ0) is 14.1. The Hall–Kier alpha value is -1.85. The minimum Gasteiger partial charge on any atom is -0.478 e. The van der Waals surface area contributed by atoms with E-state index < -0.39 is 5.97 Å². The second-order valence-electron chi connectivity index (χ2n) is 5.27. The second-order valence-corrected chi connectivity index (χ2v) is 5.27. The summed E-state index contributed by atoms with van der Waals surface area (Å²) in [6, 6.07) is 7.32. The van der Waals surface area contributed by atoms with Crippen molar-refractivity contribution in [2.24, 2.45) is 0 Å². The van der Waals surface area contributed by atoms with Crippen LogP contribution in [-0.2, 0) is 11.3 Å². The number of hydrogen-bond acceptors (Lipinski definition) is 3. The van der Waals surface area contributed by atoms with Crippen LogP contribution in [0.5, 0.6) is 0 Å². The summed E-state index contributed by atoms with van der Waals surface area (Å²) in [6.45, 7) is 3.22. The molecule has 2 heterocycles. The summed E-state index contributed by atoms with van der Waals surface area (Å²) in [6.07, 6.45) is 2.04. The Morgan fingerprint density at radius 2 is 2.30 bits per heavy atom. The predicted octanol–water partition coefficient (Wildman–Crippen LogP) is 1.67. The van der Waals surface area contributed by atoms with Gasteiger partial charge in [-0.2, -0.15) is 0 Å². The van der Waals surface area contributed by atoms with Gasteiger partial charge in [0, 0.05) is 24.7 Å². The fourth-order valence-corrected chi connectivity index (χ4v) is 2.78. The molecular formula is C15H18N2O3. The number of carboxylic acids is 1. The van der Waals surface area contributed by atoms with Crippen molar-refractivity contribution in [3.05, 3.63) is 36.0 Å². The molecule has 1 aromatic heterocycles. The van der Waals surface area contributed by atoms with Crippen molar-refractivity contribution in [3.63, 3.8) is 0 Å². The topological polar surface area (TPSA) is 54.7 Å². The van der Waals surface area contributed by atoms with Gasteiger partial charge in [0.25, 0.3) is 0 Å². The summed E-state index contributed by atoms with van der Waals surface area (Å²) in [5, 5.41) is 10.3. The molecule has 5 nitrogen and oxygen atoms in total. The average molecular weight is 274 g/mol. The van der Waals surface area contributed by atoms with Gasteiger partial charge in [-0.3, -0.25) is 0 Å². The Kier molecular flexibility index (Phi) is 3.46. The first-order chi connectivity index (χ1) is 9.65. The van der Waals surface area contributed by atoms with E-state index in [-0.39, 0.29) is 6.10 Å². The highest BCUT2D eigenvalue weighted by Crippen LogP contribution is 2.21. The van der Waals surface area contributed by atoms with Crippen molar-refractivity contribution >= 4 is 16.9 Å². The fraction of sp³-hybridized carbons (Fsp3) is 0.400. The molecule has 3 rings (SSSR count). The lowest BCUT2D eigenvalue weighted by Gasteiger charge is -2.30. The van der Waals surface area contributed by atoms with Crippen LogP contribution in [0.4, 0.5) is 0 Å². The molecule has 2 aromatic rings. The molecule has 0 aliphatic carbocycles. The Balaban J connectivity index is 1.93. The molecule has 0 radical (unpaired) electrons. The molecule has 0 saturated carbocycles. The highest BCUT2D eigenvalue weighted by Gasteiger charge is 2.20. The number of fused-ring (bicyclic) bond motifs is 1. The number of benzene rings is 1. The van der Waals surface area contributed by atoms with Gasteiger partial charge in [-0.1, -0.05) is 12.1 Å². The highest BCUT2D eigenvalue weighted by atomic mass is 16.5. The van der Waals surface area contributed by atoms with E-state index in [1.54, 1.807) is 12.1 Å². The van der Waals surface area contributed by atoms with Crippen LogP contribution >= 0.6 is 0 Å². The van der Waals surface area contributed by atoms with Crippen LogP contribution in [0.2, 0.25) is 0 Å². The lowest BCUT2D eigenvalue weighted by molar-refractivity contribution is -0.0269. The van der Waals surface area contributed by atoms with E-state index >= 15 is 0 Å². The first-order valence-corrected chi connectivity index (χ1v) is 6.76. The van der Waals surface area contributed by atoms with E-state index in [9.17, 15) is 9.90 Å². The molecule has 106 valence electrons. The van der Waals surface area contributed by atoms with Crippen LogP contribution in [0.25, 0.3) is 10.9 Å². The van der Waals surface area contributed by atoms with Crippen LogP contribution in [0.1, 0.15) is 10.4 Å². The summed E-state index contributed by atoms with van der Waals surface area (Å²) in [4.78, 5) is 13.6. The largest absolute Gasteiger partial charge is 0.478 e. The van der Waals surface area contributed by atoms with E-state index in [0.717, 1.165) is 30.6 Å². The average Bonchev–Trinajstić information content (AvgIpc) is 2.82. The van der Waals surface area contributed by atoms with Gasteiger partial charge in [-0.05, 0) is 19.2 Å². The highest BCUT2D eigenvalue weighted by molar-refractivity contribution is 6.02. The van der Waals surface area contributed by atoms with Crippen molar-refractivity contribution in [2.75, 3.05) is 26.7 Å². The number of rotatable bonds is 3. The number of aromatic nitrogens is 1. The summed E-state index contributed by atoms with van der Waals surface area (Å²) < 4.78 is 7.75. The molecule has 1 aliphatic rings. The third-order valence-electron chi connectivity index (χ3n) is 3.76. The molecule has 0 spiro atoms. The van der Waals surface area contributed by atoms with Crippen LogP contribution < -0.4 is 0 Å². The summed E-state index contributed by atoms with van der Waals surface area (Å²) in [5.41, 5.74) is 1.12. The van der Waals surface area contributed by atoms with Gasteiger partial charge >= 0.3 is 5.97 Å². The number of morpholine rings is 1. The van der Waals surface area contributed by atoms with E-state index in [2.05, 4.69) is 11.9 Å². The maximum atomic E-state index is 11.4. The first-order valence-electron chi connectivity index (χ1n) is 6.76. The van der Waals surface area contributed by atoms with Gasteiger partial charge in [0.05, 0.1) is 30.3 Å². The Labute approximate surface area is 117 Å². The van der Waals surface area contributed by atoms with Crippen LogP contribution in [-0.4, -0.2) is 53.4 Å². The van der Waals surface area contributed by atoms with Crippen molar-refractivity contribution in [2.45, 2.75) is 12.6 Å². The number of carboxylic acid groups (broad SMARTS) is 1. The van der Waals surface area contributed by atoms with Crippen LogP contribution in [0, 0.1) is 0 Å². The Morgan fingerprint density at radius 1 is 1.45 bits per heavy atom. The maximum absolute atomic E-state index is 11.4. The van der Waals surface area contributed by atoms with E-state index in [1.165, 1.54) is 0 Å². The monoisotopic (exact) mass is 274 g/mol. The Bertz CT molecular complexity index is 635. The molecule has 20 heavy (non-hydrogen) atoms. The smallest absolute Gasteiger partial charge is 0.337 e. The number of nitrogens with zero attached hydrogens (tertiary/aromatic N) is 2. The Morgan fingerprint density at radius 3 is 3.05 bits per heavy atom. The van der Waals surface area contributed by atoms with Crippen LogP contribution in [0.15, 0.2) is 30.5 Å². The molecule has 1 fully saturated rings. The van der Waals surface area contributed by atoms with Crippen LogP contribution in [0.3, 0.4) is 0 Å². The summed E-state index contributed by atoms with van der Waals surface area (Å²) in [7, 11) is 2.08. The molecule has 1 aromatic carbocycles. The third kappa shape index (κ3) is 2.42. The molecule has 1 saturated heterocycles. The number of likely N-dealkylation sites (N-methyl/N-ethyl adjacent to an activating group) is 1. The summed E-state index contributed by atoms with van der Waals surface area (Å²) in [5.74, 6) is -0.891.